The Hall–Kier alpha value is -2.48. The van der Waals surface area contributed by atoms with Crippen LogP contribution in [0.2, 0.25) is 0 Å². The lowest BCUT2D eigenvalue weighted by molar-refractivity contribution is 0.0792. The van der Waals surface area contributed by atoms with E-state index in [4.69, 9.17) is 4.74 Å². The van der Waals surface area contributed by atoms with Crippen molar-refractivity contribution in [1.82, 2.24) is 0 Å². The van der Waals surface area contributed by atoms with Crippen LogP contribution >= 0.6 is 0 Å². The lowest BCUT2D eigenvalue weighted by Crippen LogP contribution is -2.32. The van der Waals surface area contributed by atoms with Gasteiger partial charge in [-0.25, -0.2) is 0 Å². The highest BCUT2D eigenvalue weighted by atomic mass is 16.5. The van der Waals surface area contributed by atoms with Gasteiger partial charge in [-0.15, -0.1) is 0 Å². The van der Waals surface area contributed by atoms with E-state index in [1.165, 1.54) is 16.5 Å². The second-order valence-corrected chi connectivity index (χ2v) is 9.47. The molecule has 0 heterocycles. The van der Waals surface area contributed by atoms with Crippen LogP contribution < -0.4 is 4.74 Å². The molecule has 0 spiro atoms. The topological polar surface area (TPSA) is 29.5 Å². The van der Waals surface area contributed by atoms with E-state index in [9.17, 15) is 5.11 Å². The van der Waals surface area contributed by atoms with E-state index in [0.29, 0.717) is 11.7 Å². The van der Waals surface area contributed by atoms with E-state index >= 15 is 0 Å². The van der Waals surface area contributed by atoms with Gasteiger partial charge in [-0.1, -0.05) is 65.0 Å². The maximum Gasteiger partial charge on any atom is 0.119 e. The van der Waals surface area contributed by atoms with Crippen LogP contribution in [0.1, 0.15) is 63.6 Å². The van der Waals surface area contributed by atoms with E-state index in [0.717, 1.165) is 29.5 Å². The van der Waals surface area contributed by atoms with Gasteiger partial charge in [0.05, 0.1) is 0 Å². The lowest BCUT2D eigenvalue weighted by atomic mass is 9.84. The molecular weight excluding hydrogens is 356 g/mol. The highest BCUT2D eigenvalue weighted by Crippen LogP contribution is 2.35. The van der Waals surface area contributed by atoms with Gasteiger partial charge in [0, 0.05) is 0 Å². The van der Waals surface area contributed by atoms with E-state index in [-0.39, 0.29) is 11.5 Å². The summed E-state index contributed by atoms with van der Waals surface area (Å²) in [6, 6.07) is 18.5. The summed E-state index contributed by atoms with van der Waals surface area (Å²) < 4.78 is 6.38. The molecule has 2 nitrogen and oxygen atoms in total. The number of para-hydroxylation sites is 1. The molecule has 154 valence electrons. The number of fused-ring (bicyclic) bond motifs is 1. The van der Waals surface area contributed by atoms with Gasteiger partial charge in [-0.3, -0.25) is 0 Å². The minimum Gasteiger partial charge on any atom is -0.508 e. The molecule has 0 amide bonds. The van der Waals surface area contributed by atoms with Crippen LogP contribution in [-0.2, 0) is 6.42 Å². The molecule has 0 bridgehead atoms. The Morgan fingerprint density at radius 3 is 2.28 bits per heavy atom. The number of benzene rings is 3. The first-order valence-electron chi connectivity index (χ1n) is 10.6. The summed E-state index contributed by atoms with van der Waals surface area (Å²) in [7, 11) is 0. The normalized spacial score (nSPS) is 13.1. The molecule has 0 saturated carbocycles. The van der Waals surface area contributed by atoms with Gasteiger partial charge in [0.25, 0.3) is 0 Å². The van der Waals surface area contributed by atoms with Crippen molar-refractivity contribution in [1.29, 1.82) is 0 Å². The van der Waals surface area contributed by atoms with Crippen molar-refractivity contribution in [2.75, 3.05) is 0 Å². The van der Waals surface area contributed by atoms with Gasteiger partial charge in [0.1, 0.15) is 17.6 Å². The smallest absolute Gasteiger partial charge is 0.119 e. The lowest BCUT2D eigenvalue weighted by Gasteiger charge is -2.31. The Morgan fingerprint density at radius 1 is 0.966 bits per heavy atom. The van der Waals surface area contributed by atoms with Crippen LogP contribution in [0.3, 0.4) is 0 Å². The molecule has 1 atom stereocenters. The fourth-order valence-electron chi connectivity index (χ4n) is 3.95. The number of phenolic OH excluding ortho intramolecular Hbond substituents is 1. The molecule has 0 radical (unpaired) electrons. The number of rotatable bonds is 6. The fraction of sp³-hybridized carbons (Fsp3) is 0.407. The number of hydrogen-bond acceptors (Lipinski definition) is 2. The number of aromatic hydroxyl groups is 1. The summed E-state index contributed by atoms with van der Waals surface area (Å²) in [5, 5.41) is 12.9. The Balaban J connectivity index is 1.91. The summed E-state index contributed by atoms with van der Waals surface area (Å²) in [6.07, 6.45) is 1.94. The van der Waals surface area contributed by atoms with Crippen molar-refractivity contribution in [2.45, 2.75) is 66.4 Å². The van der Waals surface area contributed by atoms with Crippen molar-refractivity contribution >= 4 is 10.8 Å². The van der Waals surface area contributed by atoms with Gasteiger partial charge in [0.2, 0.25) is 0 Å². The van der Waals surface area contributed by atoms with Crippen molar-refractivity contribution < 1.29 is 9.84 Å². The first kappa shape index (κ1) is 21.2. The molecule has 3 aromatic carbocycles. The predicted molar refractivity (Wildman–Crippen MR) is 123 cm³/mol. The molecule has 1 N–H and O–H groups in total. The molecular formula is C27H34O2. The van der Waals surface area contributed by atoms with E-state index in [1.54, 1.807) is 0 Å². The summed E-state index contributed by atoms with van der Waals surface area (Å²) in [5.74, 6) is 1.61. The molecule has 1 unspecified atom stereocenters. The third-order valence-corrected chi connectivity index (χ3v) is 5.78. The minimum absolute atomic E-state index is 0.0290. The van der Waals surface area contributed by atoms with Gasteiger partial charge in [-0.2, -0.15) is 0 Å². The van der Waals surface area contributed by atoms with Crippen LogP contribution in [0.4, 0.5) is 0 Å². The molecule has 3 aromatic rings. The number of aryl methyl sites for hydroxylation is 2. The molecule has 0 fully saturated rings. The van der Waals surface area contributed by atoms with Crippen LogP contribution in [0, 0.1) is 12.3 Å². The molecule has 0 aliphatic carbocycles. The third kappa shape index (κ3) is 4.93. The number of phenols is 1. The molecule has 3 rings (SSSR count). The Kier molecular flexibility index (Phi) is 6.21. The van der Waals surface area contributed by atoms with Crippen LogP contribution in [-0.4, -0.2) is 11.2 Å². The molecule has 29 heavy (non-hydrogen) atoms. The minimum atomic E-state index is 0.0290. The molecule has 0 aliphatic rings. The van der Waals surface area contributed by atoms with Gasteiger partial charge in [0.15, 0.2) is 0 Å². The first-order valence-corrected chi connectivity index (χ1v) is 10.6. The average molecular weight is 391 g/mol. The van der Waals surface area contributed by atoms with Gasteiger partial charge >= 0.3 is 0 Å². The van der Waals surface area contributed by atoms with Crippen molar-refractivity contribution in [3.63, 3.8) is 0 Å². The quantitative estimate of drug-likeness (QED) is 0.475. The summed E-state index contributed by atoms with van der Waals surface area (Å²) in [6.45, 7) is 13.1. The largest absolute Gasteiger partial charge is 0.508 e. The molecule has 0 aliphatic heterocycles. The number of ether oxygens (including phenoxy) is 1. The van der Waals surface area contributed by atoms with Crippen molar-refractivity contribution in [3.05, 3.63) is 71.3 Å². The monoisotopic (exact) mass is 390 g/mol. The second kappa shape index (κ2) is 8.49. The van der Waals surface area contributed by atoms with Gasteiger partial charge < -0.3 is 9.84 Å². The van der Waals surface area contributed by atoms with Crippen molar-refractivity contribution in [3.8, 4) is 11.5 Å². The average Bonchev–Trinajstić information content (AvgIpc) is 2.65. The fourth-order valence-corrected chi connectivity index (χ4v) is 3.95. The molecule has 2 heteroatoms. The van der Waals surface area contributed by atoms with E-state index in [1.807, 2.05) is 36.4 Å². The highest BCUT2D eigenvalue weighted by Gasteiger charge is 2.27. The molecule has 0 saturated heterocycles. The Bertz CT molecular complexity index is 965. The van der Waals surface area contributed by atoms with Crippen molar-refractivity contribution in [2.24, 2.45) is 5.41 Å². The van der Waals surface area contributed by atoms with Gasteiger partial charge in [-0.05, 0) is 82.8 Å². The summed E-state index contributed by atoms with van der Waals surface area (Å²) in [4.78, 5) is 0. The second-order valence-electron chi connectivity index (χ2n) is 9.47. The zero-order valence-corrected chi connectivity index (χ0v) is 18.6. The zero-order valence-electron chi connectivity index (χ0n) is 18.6. The van der Waals surface area contributed by atoms with Crippen LogP contribution in [0.25, 0.3) is 10.8 Å². The van der Waals surface area contributed by atoms with E-state index < -0.39 is 0 Å². The number of hydrogen-bond donors (Lipinski definition) is 1. The summed E-state index contributed by atoms with van der Waals surface area (Å²) in [5.41, 5.74) is 3.61. The SMILES string of the molecule is Cc1ccc2cc(C(C)C)c(O)cc2c1CCC(Oc1ccccc1)C(C)(C)C. The maximum absolute atomic E-state index is 10.6. The van der Waals surface area contributed by atoms with Crippen LogP contribution in [0.15, 0.2) is 54.6 Å². The zero-order chi connectivity index (χ0) is 21.2. The maximum atomic E-state index is 10.6. The standard InChI is InChI=1S/C27H34O2/c1-18(2)23-16-20-13-12-19(3)22(24(20)17-25(23)28)14-15-26(27(4,5)6)29-21-10-8-7-9-11-21/h7-13,16-18,26,28H,14-15H2,1-6H3. The van der Waals surface area contributed by atoms with E-state index in [2.05, 4.69) is 59.7 Å². The summed E-state index contributed by atoms with van der Waals surface area (Å²) >= 11 is 0. The predicted octanol–water partition coefficient (Wildman–Crippen LogP) is 7.40. The highest BCUT2D eigenvalue weighted by molar-refractivity contribution is 5.89. The van der Waals surface area contributed by atoms with Crippen LogP contribution in [0.5, 0.6) is 11.5 Å². The Labute approximate surface area is 175 Å². The first-order chi connectivity index (χ1) is 13.7. The third-order valence-electron chi connectivity index (χ3n) is 5.78. The molecule has 0 aromatic heterocycles. The Morgan fingerprint density at radius 2 is 1.66 bits per heavy atom.